The van der Waals surface area contributed by atoms with E-state index in [-0.39, 0.29) is 27.2 Å². The summed E-state index contributed by atoms with van der Waals surface area (Å²) in [7, 11) is -3.97. The fourth-order valence-corrected chi connectivity index (χ4v) is 4.65. The number of benzene rings is 2. The topological polar surface area (TPSA) is 103 Å². The average Bonchev–Trinajstić information content (AvgIpc) is 2.73. The minimum Gasteiger partial charge on any atom is -0.424 e. The predicted molar refractivity (Wildman–Crippen MR) is 123 cm³/mol. The van der Waals surface area contributed by atoms with Crippen molar-refractivity contribution >= 4 is 38.6 Å². The highest BCUT2D eigenvalue weighted by molar-refractivity contribution is 7.89. The number of hydrogen-bond donors (Lipinski definition) is 1. The van der Waals surface area contributed by atoms with Crippen molar-refractivity contribution in [3.05, 3.63) is 69.0 Å². The van der Waals surface area contributed by atoms with Gasteiger partial charge in [-0.2, -0.15) is 4.72 Å². The van der Waals surface area contributed by atoms with Gasteiger partial charge >= 0.3 is 11.6 Å². The smallest absolute Gasteiger partial charge is 0.336 e. The van der Waals surface area contributed by atoms with Crippen LogP contribution in [0.15, 0.2) is 56.6 Å². The number of sulfonamides is 1. The normalized spacial score (nSPS) is 13.7. The van der Waals surface area contributed by atoms with Crippen LogP contribution in [0.2, 0.25) is 5.02 Å². The van der Waals surface area contributed by atoms with Crippen molar-refractivity contribution in [2.75, 3.05) is 0 Å². The summed E-state index contributed by atoms with van der Waals surface area (Å²) < 4.78 is 38.8. The first kappa shape index (κ1) is 24.0. The summed E-state index contributed by atoms with van der Waals surface area (Å²) in [5, 5.41) is 0.736. The Morgan fingerprint density at radius 1 is 1.16 bits per heavy atom. The fraction of sp³-hybridized carbons (Fsp3) is 0.304. The van der Waals surface area contributed by atoms with Crippen molar-refractivity contribution in [2.24, 2.45) is 5.92 Å². The number of halogens is 1. The predicted octanol–water partition coefficient (Wildman–Crippen LogP) is 4.36. The molecule has 7 nitrogen and oxygen atoms in total. The van der Waals surface area contributed by atoms with Gasteiger partial charge in [0.05, 0.1) is 9.92 Å². The summed E-state index contributed by atoms with van der Waals surface area (Å²) in [6.07, 6.45) is 0.524. The Morgan fingerprint density at radius 3 is 2.44 bits per heavy atom. The summed E-state index contributed by atoms with van der Waals surface area (Å²) in [6, 6.07) is 9.37. The van der Waals surface area contributed by atoms with E-state index in [0.717, 1.165) is 5.56 Å². The van der Waals surface area contributed by atoms with Crippen molar-refractivity contribution in [3.8, 4) is 5.75 Å². The summed E-state index contributed by atoms with van der Waals surface area (Å²) >= 11 is 6.29. The van der Waals surface area contributed by atoms with Crippen LogP contribution in [0.1, 0.15) is 31.4 Å². The summed E-state index contributed by atoms with van der Waals surface area (Å²) in [6.45, 7) is 7.17. The molecule has 0 aliphatic carbocycles. The third kappa shape index (κ3) is 5.20. The number of nitrogens with one attached hydrogen (secondary N) is 1. The van der Waals surface area contributed by atoms with Crippen molar-refractivity contribution in [1.82, 2.24) is 4.72 Å². The molecule has 1 N–H and O–H groups in total. The number of ether oxygens (including phenoxy) is 1. The monoisotopic (exact) mass is 477 g/mol. The first-order chi connectivity index (χ1) is 15.0. The molecule has 3 aromatic rings. The molecule has 0 saturated heterocycles. The number of carbonyl (C=O) groups excluding carboxylic acids is 1. The van der Waals surface area contributed by atoms with Crippen molar-refractivity contribution in [2.45, 2.75) is 45.1 Å². The van der Waals surface area contributed by atoms with Gasteiger partial charge in [0, 0.05) is 17.5 Å². The molecule has 0 saturated carbocycles. The van der Waals surface area contributed by atoms with Gasteiger partial charge in [-0.3, -0.25) is 0 Å². The quantitative estimate of drug-likeness (QED) is 0.308. The number of carbonyl (C=O) groups is 1. The highest BCUT2D eigenvalue weighted by atomic mass is 35.5. The highest BCUT2D eigenvalue weighted by Gasteiger charge is 2.32. The Hall–Kier alpha value is -2.68. The van der Waals surface area contributed by atoms with Gasteiger partial charge in [-0.25, -0.2) is 18.0 Å². The second kappa shape index (κ2) is 9.44. The van der Waals surface area contributed by atoms with Crippen LogP contribution in [0.3, 0.4) is 0 Å². The van der Waals surface area contributed by atoms with Gasteiger partial charge in [-0.1, -0.05) is 49.6 Å². The van der Waals surface area contributed by atoms with E-state index in [1.54, 1.807) is 26.0 Å². The summed E-state index contributed by atoms with van der Waals surface area (Å²) in [4.78, 5) is 24.7. The molecule has 0 bridgehead atoms. The maximum atomic E-state index is 13.0. The van der Waals surface area contributed by atoms with Crippen LogP contribution in [0.4, 0.5) is 0 Å². The van der Waals surface area contributed by atoms with Crippen molar-refractivity contribution < 1.29 is 22.4 Å². The standard InChI is InChI=1S/C23H24ClNO6S/c1-5-14(3)22(25-32(28,29)16-8-6-13(2)7-9-16)23(27)31-20-12-19-17(11-18(20)24)15(4)10-21(26)30-19/h6-12,14,22,25H,5H2,1-4H3/t14-,22-/m0/s1. The van der Waals surface area contributed by atoms with E-state index in [2.05, 4.69) is 4.72 Å². The van der Waals surface area contributed by atoms with E-state index in [0.29, 0.717) is 17.4 Å². The molecule has 0 aliphatic heterocycles. The molecular formula is C23H24ClNO6S. The third-order valence-corrected chi connectivity index (χ3v) is 7.05. The molecule has 170 valence electrons. The molecule has 9 heteroatoms. The average molecular weight is 478 g/mol. The lowest BCUT2D eigenvalue weighted by molar-refractivity contribution is -0.137. The van der Waals surface area contributed by atoms with Crippen molar-refractivity contribution in [3.63, 3.8) is 0 Å². The van der Waals surface area contributed by atoms with Gasteiger partial charge in [-0.15, -0.1) is 0 Å². The second-order valence-electron chi connectivity index (χ2n) is 7.75. The molecule has 3 rings (SSSR count). The summed E-state index contributed by atoms with van der Waals surface area (Å²) in [5.41, 5.74) is 1.24. The molecular weight excluding hydrogens is 454 g/mol. The van der Waals surface area contributed by atoms with Gasteiger partial charge in [0.2, 0.25) is 10.0 Å². The molecule has 0 aliphatic rings. The maximum absolute atomic E-state index is 13.0. The summed E-state index contributed by atoms with van der Waals surface area (Å²) in [5.74, 6) is -1.20. The van der Waals surface area contributed by atoms with Crippen molar-refractivity contribution in [1.29, 1.82) is 0 Å². The van der Waals surface area contributed by atoms with Gasteiger partial charge in [-0.05, 0) is 43.5 Å². The minimum absolute atomic E-state index is 0.0271. The lowest BCUT2D eigenvalue weighted by atomic mass is 10.0. The first-order valence-corrected chi connectivity index (χ1v) is 11.9. The molecule has 0 fully saturated rings. The number of aryl methyl sites for hydroxylation is 2. The van der Waals surface area contributed by atoms with Gasteiger partial charge < -0.3 is 9.15 Å². The van der Waals surface area contributed by atoms with Crippen LogP contribution in [-0.4, -0.2) is 20.4 Å². The number of rotatable bonds is 7. The number of fused-ring (bicyclic) bond motifs is 1. The van der Waals surface area contributed by atoms with Gasteiger partial charge in [0.1, 0.15) is 11.6 Å². The molecule has 0 spiro atoms. The molecule has 0 radical (unpaired) electrons. The molecule has 2 atom stereocenters. The van der Waals surface area contributed by atoms with E-state index in [1.165, 1.54) is 30.3 Å². The second-order valence-corrected chi connectivity index (χ2v) is 9.87. The fourth-order valence-electron chi connectivity index (χ4n) is 3.15. The third-order valence-electron chi connectivity index (χ3n) is 5.29. The highest BCUT2D eigenvalue weighted by Crippen LogP contribution is 2.31. The lowest BCUT2D eigenvalue weighted by Gasteiger charge is -2.23. The van der Waals surface area contributed by atoms with Gasteiger partial charge in [0.15, 0.2) is 5.75 Å². The van der Waals surface area contributed by atoms with Crippen LogP contribution in [0.25, 0.3) is 11.0 Å². The SMILES string of the molecule is CC[C@H](C)[C@H](NS(=O)(=O)c1ccc(C)cc1)C(=O)Oc1cc2oc(=O)cc(C)c2cc1Cl. The van der Waals surface area contributed by atoms with E-state index in [4.69, 9.17) is 20.8 Å². The first-order valence-electron chi connectivity index (χ1n) is 10.1. The van der Waals surface area contributed by atoms with Crippen LogP contribution in [0.5, 0.6) is 5.75 Å². The van der Waals surface area contributed by atoms with E-state index < -0.39 is 27.7 Å². The maximum Gasteiger partial charge on any atom is 0.336 e. The molecule has 0 amide bonds. The largest absolute Gasteiger partial charge is 0.424 e. The number of esters is 1. The van der Waals surface area contributed by atoms with Gasteiger partial charge in [0.25, 0.3) is 0 Å². The zero-order valence-corrected chi connectivity index (χ0v) is 19.7. The van der Waals surface area contributed by atoms with Crippen LogP contribution in [-0.2, 0) is 14.8 Å². The van der Waals surface area contributed by atoms with Crippen LogP contribution < -0.4 is 15.1 Å². The van der Waals surface area contributed by atoms with Crippen LogP contribution >= 0.6 is 11.6 Å². The van der Waals surface area contributed by atoms with E-state index in [1.807, 2.05) is 13.8 Å². The zero-order valence-electron chi connectivity index (χ0n) is 18.1. The molecule has 32 heavy (non-hydrogen) atoms. The van der Waals surface area contributed by atoms with E-state index in [9.17, 15) is 18.0 Å². The Kier molecular flexibility index (Phi) is 7.07. The Bertz CT molecular complexity index is 1310. The Balaban J connectivity index is 1.92. The van der Waals surface area contributed by atoms with Crippen LogP contribution in [0, 0.1) is 19.8 Å². The number of hydrogen-bond acceptors (Lipinski definition) is 6. The molecule has 0 unspecified atom stereocenters. The Morgan fingerprint density at radius 2 is 1.81 bits per heavy atom. The Labute approximate surface area is 191 Å². The molecule has 1 aromatic heterocycles. The molecule has 1 heterocycles. The zero-order chi connectivity index (χ0) is 23.6. The molecule has 2 aromatic carbocycles. The lowest BCUT2D eigenvalue weighted by Crippen LogP contribution is -2.46. The van der Waals surface area contributed by atoms with E-state index >= 15 is 0 Å². The minimum atomic E-state index is -3.97.